The third-order valence-electron chi connectivity index (χ3n) is 6.49. The predicted octanol–water partition coefficient (Wildman–Crippen LogP) is 6.91. The van der Waals surface area contributed by atoms with Gasteiger partial charge in [-0.15, -0.1) is 0 Å². The number of nitrogens with zero attached hydrogens (tertiary/aromatic N) is 2. The summed E-state index contributed by atoms with van der Waals surface area (Å²) in [5, 5.41) is 0. The summed E-state index contributed by atoms with van der Waals surface area (Å²) in [5.41, 5.74) is -2.77. The van der Waals surface area contributed by atoms with Gasteiger partial charge in [-0.25, -0.2) is 9.59 Å². The maximum atomic E-state index is 13.5. The fourth-order valence-electron chi connectivity index (χ4n) is 4.80. The van der Waals surface area contributed by atoms with Gasteiger partial charge >= 0.3 is 24.5 Å². The smallest absolute Gasteiger partial charge is 0.416 e. The second kappa shape index (κ2) is 11.0. The van der Waals surface area contributed by atoms with Gasteiger partial charge in [0.15, 0.2) is 11.5 Å². The molecule has 0 aliphatic carbocycles. The van der Waals surface area contributed by atoms with Crippen molar-refractivity contribution in [2.45, 2.75) is 58.2 Å². The van der Waals surface area contributed by atoms with Gasteiger partial charge in [-0.05, 0) is 57.0 Å². The molecule has 0 fully saturated rings. The Labute approximate surface area is 225 Å². The summed E-state index contributed by atoms with van der Waals surface area (Å²) < 4.78 is 102. The Kier molecular flexibility index (Phi) is 7.99. The van der Waals surface area contributed by atoms with Gasteiger partial charge < -0.3 is 18.9 Å². The summed E-state index contributed by atoms with van der Waals surface area (Å²) in [4.78, 5) is 28.4. The predicted molar refractivity (Wildman–Crippen MR) is 128 cm³/mol. The molecule has 8 nitrogen and oxygen atoms in total. The van der Waals surface area contributed by atoms with E-state index in [0.29, 0.717) is 34.9 Å². The van der Waals surface area contributed by atoms with Gasteiger partial charge in [-0.1, -0.05) is 0 Å². The molecule has 0 saturated heterocycles. The topological polar surface area (TPSA) is 77.5 Å². The second-order valence-electron chi connectivity index (χ2n) is 9.17. The van der Waals surface area contributed by atoms with E-state index in [1.54, 1.807) is 13.8 Å². The van der Waals surface area contributed by atoms with Gasteiger partial charge in [0.05, 0.1) is 36.1 Å². The Bertz CT molecular complexity index is 1250. The molecule has 218 valence electrons. The Balaban J connectivity index is 1.84. The minimum Gasteiger partial charge on any atom is -0.454 e. The Morgan fingerprint density at radius 3 is 2.05 bits per heavy atom. The minimum absolute atomic E-state index is 0.0219. The molecule has 0 bridgehead atoms. The van der Waals surface area contributed by atoms with Crippen LogP contribution in [0.1, 0.15) is 55.5 Å². The number of rotatable bonds is 5. The number of hydrogen-bond donors (Lipinski definition) is 0. The summed E-state index contributed by atoms with van der Waals surface area (Å²) in [6.45, 7) is 4.05. The van der Waals surface area contributed by atoms with Crippen LogP contribution in [0.15, 0.2) is 30.3 Å². The van der Waals surface area contributed by atoms with Crippen LogP contribution < -0.4 is 14.4 Å². The molecular formula is C26H26F6N2O6. The van der Waals surface area contributed by atoms with Crippen LogP contribution in [-0.4, -0.2) is 43.1 Å². The van der Waals surface area contributed by atoms with Crippen LogP contribution in [-0.2, 0) is 28.4 Å². The third-order valence-corrected chi connectivity index (χ3v) is 6.49. The monoisotopic (exact) mass is 576 g/mol. The SMILES string of the molecule is CCOC(=O)N(Cc1cc(C(F)(F)F)cc(C(F)(F)F)c1)[C@H]1C[C@@H](C)N(C(=O)OCC)c2cc3c(cc21)OCO3. The zero-order chi connectivity index (χ0) is 29.4. The zero-order valence-corrected chi connectivity index (χ0v) is 21.7. The molecule has 2 aromatic rings. The fourth-order valence-corrected chi connectivity index (χ4v) is 4.80. The zero-order valence-electron chi connectivity index (χ0n) is 21.7. The van der Waals surface area contributed by atoms with E-state index in [2.05, 4.69) is 0 Å². The van der Waals surface area contributed by atoms with Crippen molar-refractivity contribution in [3.63, 3.8) is 0 Å². The molecule has 0 unspecified atom stereocenters. The number of alkyl halides is 6. The highest BCUT2D eigenvalue weighted by Gasteiger charge is 2.42. The Morgan fingerprint density at radius 2 is 1.50 bits per heavy atom. The van der Waals surface area contributed by atoms with E-state index in [1.807, 2.05) is 0 Å². The van der Waals surface area contributed by atoms with Crippen LogP contribution in [0.4, 0.5) is 41.6 Å². The van der Waals surface area contributed by atoms with Crippen molar-refractivity contribution in [3.05, 3.63) is 52.6 Å². The lowest BCUT2D eigenvalue weighted by Crippen LogP contribution is -2.47. The first kappa shape index (κ1) is 29.2. The number of amides is 2. The molecule has 0 saturated carbocycles. The summed E-state index contributed by atoms with van der Waals surface area (Å²) in [6, 6.07) is 2.69. The molecule has 2 aliphatic heterocycles. The van der Waals surface area contributed by atoms with Crippen molar-refractivity contribution in [2.24, 2.45) is 0 Å². The number of ether oxygens (including phenoxy) is 4. The quantitative estimate of drug-likeness (QED) is 0.360. The van der Waals surface area contributed by atoms with E-state index in [1.165, 1.54) is 24.0 Å². The van der Waals surface area contributed by atoms with E-state index in [4.69, 9.17) is 18.9 Å². The average Bonchev–Trinajstić information content (AvgIpc) is 3.32. The highest BCUT2D eigenvalue weighted by Crippen LogP contribution is 2.48. The van der Waals surface area contributed by atoms with E-state index in [-0.39, 0.29) is 32.5 Å². The Hall–Kier alpha value is -3.84. The van der Waals surface area contributed by atoms with Crippen LogP contribution in [0.2, 0.25) is 0 Å². The van der Waals surface area contributed by atoms with E-state index in [0.717, 1.165) is 4.90 Å². The van der Waals surface area contributed by atoms with Crippen LogP contribution in [0.25, 0.3) is 0 Å². The van der Waals surface area contributed by atoms with Crippen molar-refractivity contribution >= 4 is 17.9 Å². The molecule has 0 radical (unpaired) electrons. The molecular weight excluding hydrogens is 550 g/mol. The molecule has 0 spiro atoms. The lowest BCUT2D eigenvalue weighted by molar-refractivity contribution is -0.143. The number of carbonyl (C=O) groups is 2. The standard InChI is InChI=1S/C26H26F6N2O6/c1-4-37-23(35)33(12-15-7-16(25(27,28)29)9-17(8-15)26(30,31)32)19-6-14(3)34(24(36)38-5-2)20-11-22-21(10-18(19)20)39-13-40-22/h7-11,14,19H,4-6,12-13H2,1-3H3/t14-,19+/m1/s1. The summed E-state index contributed by atoms with van der Waals surface area (Å²) in [5.74, 6) is 0.612. The first-order chi connectivity index (χ1) is 18.7. The van der Waals surface area contributed by atoms with Crippen LogP contribution >= 0.6 is 0 Å². The Morgan fingerprint density at radius 1 is 0.925 bits per heavy atom. The largest absolute Gasteiger partial charge is 0.454 e. The van der Waals surface area contributed by atoms with Crippen LogP contribution in [0.5, 0.6) is 11.5 Å². The van der Waals surface area contributed by atoms with Gasteiger partial charge in [-0.3, -0.25) is 9.80 Å². The van der Waals surface area contributed by atoms with Gasteiger partial charge in [0.2, 0.25) is 6.79 Å². The second-order valence-corrected chi connectivity index (χ2v) is 9.17. The number of halogens is 6. The highest BCUT2D eigenvalue weighted by molar-refractivity contribution is 5.91. The maximum absolute atomic E-state index is 13.5. The molecule has 2 amide bonds. The molecule has 0 N–H and O–H groups in total. The fraction of sp³-hybridized carbons (Fsp3) is 0.462. The molecule has 0 aromatic heterocycles. The molecule has 4 rings (SSSR count). The number of carbonyl (C=O) groups excluding carboxylic acids is 2. The number of hydrogen-bond acceptors (Lipinski definition) is 6. The van der Waals surface area contributed by atoms with E-state index in [9.17, 15) is 35.9 Å². The molecule has 2 heterocycles. The minimum atomic E-state index is -5.06. The first-order valence-electron chi connectivity index (χ1n) is 12.4. The number of fused-ring (bicyclic) bond motifs is 2. The van der Waals surface area contributed by atoms with Gasteiger partial charge in [0, 0.05) is 24.2 Å². The lowest BCUT2D eigenvalue weighted by atomic mass is 9.90. The summed E-state index contributed by atoms with van der Waals surface area (Å²) in [7, 11) is 0. The van der Waals surface area contributed by atoms with Crippen molar-refractivity contribution in [2.75, 3.05) is 24.9 Å². The van der Waals surface area contributed by atoms with Crippen molar-refractivity contribution in [1.82, 2.24) is 4.90 Å². The summed E-state index contributed by atoms with van der Waals surface area (Å²) >= 11 is 0. The molecule has 14 heteroatoms. The highest BCUT2D eigenvalue weighted by atomic mass is 19.4. The molecule has 2 aliphatic rings. The number of anilines is 1. The normalized spacial score (nSPS) is 18.3. The van der Waals surface area contributed by atoms with Gasteiger partial charge in [-0.2, -0.15) is 26.3 Å². The molecule has 40 heavy (non-hydrogen) atoms. The van der Waals surface area contributed by atoms with Crippen LogP contribution in [0, 0.1) is 0 Å². The molecule has 2 atom stereocenters. The summed E-state index contributed by atoms with van der Waals surface area (Å²) in [6.07, 6.45) is -11.7. The third kappa shape index (κ3) is 5.85. The maximum Gasteiger partial charge on any atom is 0.416 e. The lowest BCUT2D eigenvalue weighted by Gasteiger charge is -2.42. The van der Waals surface area contributed by atoms with Crippen molar-refractivity contribution in [3.8, 4) is 11.5 Å². The average molecular weight is 576 g/mol. The molecule has 2 aromatic carbocycles. The van der Waals surface area contributed by atoms with Crippen LogP contribution in [0.3, 0.4) is 0 Å². The van der Waals surface area contributed by atoms with Crippen molar-refractivity contribution in [1.29, 1.82) is 0 Å². The van der Waals surface area contributed by atoms with Crippen molar-refractivity contribution < 1.29 is 54.9 Å². The van der Waals surface area contributed by atoms with Gasteiger partial charge in [0.25, 0.3) is 0 Å². The first-order valence-corrected chi connectivity index (χ1v) is 12.4. The van der Waals surface area contributed by atoms with E-state index >= 15 is 0 Å². The van der Waals surface area contributed by atoms with Gasteiger partial charge in [0.1, 0.15) is 0 Å². The van der Waals surface area contributed by atoms with E-state index < -0.39 is 59.9 Å². The number of benzene rings is 2.